The van der Waals surface area contributed by atoms with Crippen molar-refractivity contribution in [2.45, 2.75) is 32.6 Å². The normalized spacial score (nSPS) is 24.0. The van der Waals surface area contributed by atoms with Crippen molar-refractivity contribution in [3.05, 3.63) is 16.1 Å². The molecule has 7 heteroatoms. The quantitative estimate of drug-likeness (QED) is 0.924. The predicted molar refractivity (Wildman–Crippen MR) is 94.1 cm³/mol. The number of rotatable bonds is 3. The number of anilines is 1. The molecule has 2 saturated heterocycles. The van der Waals surface area contributed by atoms with Gasteiger partial charge >= 0.3 is 0 Å². The van der Waals surface area contributed by atoms with Crippen LogP contribution in [0.25, 0.3) is 10.6 Å². The highest BCUT2D eigenvalue weighted by Gasteiger charge is 2.32. The molecule has 0 unspecified atom stereocenters. The largest absolute Gasteiger partial charge is 0.365 e. The summed E-state index contributed by atoms with van der Waals surface area (Å²) in [6, 6.07) is 0. The Balaban J connectivity index is 1.73. The smallest absolute Gasteiger partial charge is 0.261 e. The minimum atomic E-state index is -0.394. The van der Waals surface area contributed by atoms with E-state index in [0.717, 1.165) is 40.6 Å². The number of carbonyl (C=O) groups excluding carboxylic acids is 1. The molecule has 0 radical (unpaired) electrons. The molecule has 5 nitrogen and oxygen atoms in total. The molecule has 23 heavy (non-hydrogen) atoms. The fourth-order valence-electron chi connectivity index (χ4n) is 3.74. The van der Waals surface area contributed by atoms with Gasteiger partial charge in [-0.15, -0.1) is 11.3 Å². The first-order valence-corrected chi connectivity index (χ1v) is 9.77. The third-order valence-electron chi connectivity index (χ3n) is 4.99. The molecule has 1 amide bonds. The van der Waals surface area contributed by atoms with Crippen LogP contribution in [-0.4, -0.2) is 29.0 Å². The van der Waals surface area contributed by atoms with Crippen molar-refractivity contribution in [1.82, 2.24) is 9.97 Å². The number of carbonyl (C=O) groups is 1. The molecule has 1 aliphatic carbocycles. The first-order valence-electron chi connectivity index (χ1n) is 8.08. The highest BCUT2D eigenvalue weighted by Crippen LogP contribution is 2.40. The standard InChI is InChI=1S/C16H20N4OS2/c1-9-13(22-8-18-9)12-14(15(17)21)23-16(19-12)20-6-10-2-3-11(7-20)5-4-10/h8,10-11H,2-7H2,1H3,(H2,17,21). The zero-order valence-electron chi connectivity index (χ0n) is 13.1. The van der Waals surface area contributed by atoms with Gasteiger partial charge in [-0.2, -0.15) is 0 Å². The maximum absolute atomic E-state index is 11.9. The highest BCUT2D eigenvalue weighted by molar-refractivity contribution is 7.19. The SMILES string of the molecule is Cc1ncsc1-c1nc(N2CC3CCC(CC3)C2)sc1C(N)=O. The van der Waals surface area contributed by atoms with Crippen molar-refractivity contribution in [2.75, 3.05) is 18.0 Å². The van der Waals surface area contributed by atoms with Crippen molar-refractivity contribution in [3.8, 4) is 10.6 Å². The topological polar surface area (TPSA) is 72.1 Å². The highest BCUT2D eigenvalue weighted by atomic mass is 32.1. The molecular formula is C16H20N4OS2. The molecule has 1 saturated carbocycles. The molecule has 4 heterocycles. The van der Waals surface area contributed by atoms with E-state index in [9.17, 15) is 4.79 Å². The lowest BCUT2D eigenvalue weighted by atomic mass is 9.84. The molecule has 2 N–H and O–H groups in total. The summed E-state index contributed by atoms with van der Waals surface area (Å²) in [6.07, 6.45) is 5.32. The molecule has 3 fully saturated rings. The van der Waals surface area contributed by atoms with Crippen LogP contribution < -0.4 is 10.6 Å². The summed E-state index contributed by atoms with van der Waals surface area (Å²) in [5.74, 6) is 1.14. The monoisotopic (exact) mass is 348 g/mol. The molecule has 5 rings (SSSR count). The number of hydrogen-bond acceptors (Lipinski definition) is 6. The lowest BCUT2D eigenvalue weighted by molar-refractivity contribution is 0.100. The number of thiazole rings is 2. The van der Waals surface area contributed by atoms with Gasteiger partial charge in [-0.3, -0.25) is 4.79 Å². The average molecular weight is 348 g/mol. The Morgan fingerprint density at radius 3 is 2.43 bits per heavy atom. The van der Waals surface area contributed by atoms with Gasteiger partial charge in [0, 0.05) is 13.1 Å². The van der Waals surface area contributed by atoms with E-state index in [2.05, 4.69) is 9.88 Å². The summed E-state index contributed by atoms with van der Waals surface area (Å²) in [5.41, 5.74) is 9.03. The first-order chi connectivity index (χ1) is 11.1. The van der Waals surface area contributed by atoms with E-state index in [0.29, 0.717) is 10.6 Å². The number of nitrogens with zero attached hydrogens (tertiary/aromatic N) is 3. The van der Waals surface area contributed by atoms with E-state index in [1.807, 2.05) is 6.92 Å². The Kier molecular flexibility index (Phi) is 3.85. The van der Waals surface area contributed by atoms with Crippen LogP contribution in [0.4, 0.5) is 5.13 Å². The summed E-state index contributed by atoms with van der Waals surface area (Å²) in [7, 11) is 0. The van der Waals surface area contributed by atoms with Gasteiger partial charge in [0.1, 0.15) is 10.6 Å². The summed E-state index contributed by atoms with van der Waals surface area (Å²) in [6.45, 7) is 4.06. The zero-order chi connectivity index (χ0) is 16.0. The molecule has 2 bridgehead atoms. The third-order valence-corrected chi connectivity index (χ3v) is 7.06. The third kappa shape index (κ3) is 2.76. The first kappa shape index (κ1) is 15.1. The molecule has 0 aromatic carbocycles. The van der Waals surface area contributed by atoms with Crippen molar-refractivity contribution in [2.24, 2.45) is 17.6 Å². The molecule has 0 spiro atoms. The van der Waals surface area contributed by atoms with Crippen LogP contribution in [-0.2, 0) is 0 Å². The summed E-state index contributed by atoms with van der Waals surface area (Å²) in [4.78, 5) is 24.9. The van der Waals surface area contributed by atoms with Gasteiger partial charge in [0.2, 0.25) is 0 Å². The van der Waals surface area contributed by atoms with E-state index in [4.69, 9.17) is 10.7 Å². The number of aromatic nitrogens is 2. The van der Waals surface area contributed by atoms with Gasteiger partial charge in [0.25, 0.3) is 5.91 Å². The van der Waals surface area contributed by atoms with E-state index in [-0.39, 0.29) is 0 Å². The van der Waals surface area contributed by atoms with Crippen molar-refractivity contribution in [1.29, 1.82) is 0 Å². The average Bonchev–Trinajstić information content (AvgIpc) is 3.03. The van der Waals surface area contributed by atoms with Crippen LogP contribution in [0.5, 0.6) is 0 Å². The van der Waals surface area contributed by atoms with Gasteiger partial charge in [-0.25, -0.2) is 9.97 Å². The maximum Gasteiger partial charge on any atom is 0.261 e. The zero-order valence-corrected chi connectivity index (χ0v) is 14.8. The summed E-state index contributed by atoms with van der Waals surface area (Å²) in [5, 5.41) is 0.945. The Bertz CT molecular complexity index is 716. The van der Waals surface area contributed by atoms with Gasteiger partial charge in [-0.05, 0) is 44.4 Å². The lowest BCUT2D eigenvalue weighted by Gasteiger charge is -2.21. The number of nitrogens with two attached hydrogens (primary N) is 1. The Morgan fingerprint density at radius 2 is 1.91 bits per heavy atom. The van der Waals surface area contributed by atoms with Gasteiger partial charge in [-0.1, -0.05) is 11.3 Å². The van der Waals surface area contributed by atoms with E-state index in [1.54, 1.807) is 5.51 Å². The van der Waals surface area contributed by atoms with Crippen molar-refractivity contribution < 1.29 is 4.79 Å². The second kappa shape index (κ2) is 5.87. The molecular weight excluding hydrogens is 328 g/mol. The second-order valence-corrected chi connectivity index (χ2v) is 8.43. The minimum absolute atomic E-state index is 0.394. The van der Waals surface area contributed by atoms with E-state index in [1.165, 1.54) is 48.4 Å². The fraction of sp³-hybridized carbons (Fsp3) is 0.562. The predicted octanol–water partition coefficient (Wildman–Crippen LogP) is 3.30. The lowest BCUT2D eigenvalue weighted by Crippen LogP contribution is -2.27. The fourth-order valence-corrected chi connectivity index (χ4v) is 5.55. The van der Waals surface area contributed by atoms with Crippen LogP contribution in [0.2, 0.25) is 0 Å². The van der Waals surface area contributed by atoms with Crippen molar-refractivity contribution >= 4 is 33.7 Å². The molecule has 2 aromatic heterocycles. The number of primary amides is 1. The van der Waals surface area contributed by atoms with Crippen LogP contribution in [0.3, 0.4) is 0 Å². The number of aryl methyl sites for hydroxylation is 1. The molecule has 2 aliphatic heterocycles. The van der Waals surface area contributed by atoms with Gasteiger partial charge in [0.15, 0.2) is 5.13 Å². The Hall–Kier alpha value is -1.47. The maximum atomic E-state index is 11.9. The minimum Gasteiger partial charge on any atom is -0.365 e. The van der Waals surface area contributed by atoms with E-state index < -0.39 is 5.91 Å². The summed E-state index contributed by atoms with van der Waals surface area (Å²) < 4.78 is 0. The Labute approximate surface area is 143 Å². The molecule has 2 aromatic rings. The number of amides is 1. The molecule has 122 valence electrons. The van der Waals surface area contributed by atoms with Crippen LogP contribution in [0.1, 0.15) is 41.0 Å². The van der Waals surface area contributed by atoms with Gasteiger partial charge in [0.05, 0.1) is 16.1 Å². The number of hydrogen-bond donors (Lipinski definition) is 1. The van der Waals surface area contributed by atoms with Crippen LogP contribution in [0.15, 0.2) is 5.51 Å². The van der Waals surface area contributed by atoms with E-state index >= 15 is 0 Å². The van der Waals surface area contributed by atoms with Crippen molar-refractivity contribution in [3.63, 3.8) is 0 Å². The van der Waals surface area contributed by atoms with Crippen LogP contribution >= 0.6 is 22.7 Å². The number of fused-ring (bicyclic) bond motifs is 4. The summed E-state index contributed by atoms with van der Waals surface area (Å²) >= 11 is 2.96. The Morgan fingerprint density at radius 1 is 1.26 bits per heavy atom. The van der Waals surface area contributed by atoms with Gasteiger partial charge < -0.3 is 10.6 Å². The molecule has 3 aliphatic rings. The molecule has 0 atom stereocenters. The van der Waals surface area contributed by atoms with Crippen LogP contribution in [0, 0.1) is 18.8 Å². The second-order valence-electron chi connectivity index (χ2n) is 6.60.